The van der Waals surface area contributed by atoms with Gasteiger partial charge >= 0.3 is 6.18 Å². The predicted octanol–water partition coefficient (Wildman–Crippen LogP) is 2.56. The van der Waals surface area contributed by atoms with Crippen molar-refractivity contribution in [2.75, 3.05) is 13.6 Å². The molecular weight excluding hydrogens is 319 g/mol. The van der Waals surface area contributed by atoms with E-state index in [1.54, 1.807) is 6.92 Å². The lowest BCUT2D eigenvalue weighted by Gasteiger charge is -2.20. The first-order valence-electron chi connectivity index (χ1n) is 5.29. The summed E-state index contributed by atoms with van der Waals surface area (Å²) >= 11 is 0. The van der Waals surface area contributed by atoms with E-state index >= 15 is 0 Å². The van der Waals surface area contributed by atoms with Gasteiger partial charge in [0.15, 0.2) is 0 Å². The van der Waals surface area contributed by atoms with E-state index in [2.05, 4.69) is 0 Å². The van der Waals surface area contributed by atoms with Crippen molar-refractivity contribution in [1.82, 2.24) is 4.90 Å². The fourth-order valence-electron chi connectivity index (χ4n) is 1.57. The number of hydrogen-bond donors (Lipinski definition) is 0. The van der Waals surface area contributed by atoms with Crippen molar-refractivity contribution in [3.63, 3.8) is 0 Å². The van der Waals surface area contributed by atoms with Crippen LogP contribution in [0, 0.1) is 6.92 Å². The van der Waals surface area contributed by atoms with Gasteiger partial charge in [0.1, 0.15) is 6.54 Å². The Labute approximate surface area is 118 Å². The molecule has 0 aliphatic heterocycles. The maximum absolute atomic E-state index is 12.3. The van der Waals surface area contributed by atoms with Crippen molar-refractivity contribution in [3.8, 4) is 0 Å². The zero-order valence-corrected chi connectivity index (χ0v) is 12.1. The molecule has 1 aromatic carbocycles. The van der Waals surface area contributed by atoms with Gasteiger partial charge in [-0.25, -0.2) is 8.42 Å². The molecule has 0 radical (unpaired) electrons. The number of aryl methyl sites for hydroxylation is 1. The molecule has 112 valence electrons. The normalized spacial score (nSPS) is 12.3. The van der Waals surface area contributed by atoms with Crippen LogP contribution in [-0.2, 0) is 9.05 Å². The fraction of sp³-hybridized carbons (Fsp3) is 0.364. The van der Waals surface area contributed by atoms with E-state index in [0.29, 0.717) is 10.5 Å². The Kier molecular flexibility index (Phi) is 4.70. The molecule has 0 aromatic heterocycles. The lowest BCUT2D eigenvalue weighted by molar-refractivity contribution is -0.138. The van der Waals surface area contributed by atoms with Gasteiger partial charge in [-0.2, -0.15) is 13.2 Å². The maximum Gasteiger partial charge on any atom is 0.406 e. The molecule has 9 heteroatoms. The number of halogens is 4. The van der Waals surface area contributed by atoms with Crippen LogP contribution in [0.4, 0.5) is 13.2 Å². The van der Waals surface area contributed by atoms with Gasteiger partial charge in [-0.1, -0.05) is 11.6 Å². The van der Waals surface area contributed by atoms with Crippen LogP contribution in [0.25, 0.3) is 0 Å². The van der Waals surface area contributed by atoms with Crippen molar-refractivity contribution in [1.29, 1.82) is 0 Å². The highest BCUT2D eigenvalue weighted by Gasteiger charge is 2.33. The van der Waals surface area contributed by atoms with Gasteiger partial charge in [0.2, 0.25) is 0 Å². The zero-order valence-electron chi connectivity index (χ0n) is 10.5. The van der Waals surface area contributed by atoms with Gasteiger partial charge in [0.25, 0.3) is 15.0 Å². The summed E-state index contributed by atoms with van der Waals surface area (Å²) in [4.78, 5) is 11.8. The maximum atomic E-state index is 12.3. The summed E-state index contributed by atoms with van der Waals surface area (Å²) in [7, 11) is 1.88. The summed E-state index contributed by atoms with van der Waals surface area (Å²) in [6.07, 6.45) is -4.58. The summed E-state index contributed by atoms with van der Waals surface area (Å²) in [6.45, 7) is 0.0900. The van der Waals surface area contributed by atoms with E-state index in [1.165, 1.54) is 12.1 Å². The molecule has 1 amide bonds. The molecule has 4 nitrogen and oxygen atoms in total. The first kappa shape index (κ1) is 16.8. The third-order valence-electron chi connectivity index (χ3n) is 2.39. The summed E-state index contributed by atoms with van der Waals surface area (Å²) in [5.74, 6) is -1.06. The van der Waals surface area contributed by atoms with Gasteiger partial charge in [0, 0.05) is 17.7 Å². The molecule has 0 bridgehead atoms. The van der Waals surface area contributed by atoms with Gasteiger partial charge in [-0.05, 0) is 19.1 Å². The minimum Gasteiger partial charge on any atom is -0.333 e. The van der Waals surface area contributed by atoms with Crippen molar-refractivity contribution in [3.05, 3.63) is 29.3 Å². The van der Waals surface area contributed by atoms with E-state index in [9.17, 15) is 26.4 Å². The molecule has 0 atom stereocenters. The topological polar surface area (TPSA) is 54.5 Å². The number of amides is 1. The molecule has 0 saturated carbocycles. The first-order valence-corrected chi connectivity index (χ1v) is 7.60. The molecule has 1 rings (SSSR count). The van der Waals surface area contributed by atoms with Crippen LogP contribution in [-0.4, -0.2) is 39.0 Å². The third kappa shape index (κ3) is 4.38. The molecule has 0 spiro atoms. The summed E-state index contributed by atoms with van der Waals surface area (Å²) in [5.41, 5.74) is 0.143. The minimum atomic E-state index is -4.58. The van der Waals surface area contributed by atoms with Gasteiger partial charge < -0.3 is 4.90 Å². The number of nitrogens with zero attached hydrogens (tertiary/aromatic N) is 1. The predicted molar refractivity (Wildman–Crippen MR) is 67.2 cm³/mol. The second kappa shape index (κ2) is 5.61. The largest absolute Gasteiger partial charge is 0.406 e. The van der Waals surface area contributed by atoms with E-state index in [4.69, 9.17) is 10.7 Å². The number of rotatable bonds is 3. The van der Waals surface area contributed by atoms with E-state index < -0.39 is 32.6 Å². The Hall–Kier alpha value is -1.28. The SMILES string of the molecule is Cc1ccc(S(=O)(=O)Cl)c(C(=O)N(C)CC(F)(F)F)c1. The van der Waals surface area contributed by atoms with E-state index in [-0.39, 0.29) is 5.56 Å². The second-order valence-corrected chi connectivity index (χ2v) is 6.75. The molecule has 0 N–H and O–H groups in total. The van der Waals surface area contributed by atoms with Crippen LogP contribution < -0.4 is 0 Å². The Balaban J connectivity index is 3.25. The smallest absolute Gasteiger partial charge is 0.333 e. The zero-order chi connectivity index (χ0) is 15.7. The molecule has 1 aromatic rings. The molecular formula is C11H11ClF3NO3S. The van der Waals surface area contributed by atoms with Crippen LogP contribution in [0.15, 0.2) is 23.1 Å². The van der Waals surface area contributed by atoms with Crippen LogP contribution in [0.2, 0.25) is 0 Å². The molecule has 0 heterocycles. The molecule has 20 heavy (non-hydrogen) atoms. The molecule has 0 saturated heterocycles. The Morgan fingerprint density at radius 2 is 1.90 bits per heavy atom. The minimum absolute atomic E-state index is 0.383. The number of alkyl halides is 3. The van der Waals surface area contributed by atoms with Crippen LogP contribution in [0.3, 0.4) is 0 Å². The second-order valence-electron chi connectivity index (χ2n) is 4.21. The highest BCUT2D eigenvalue weighted by Crippen LogP contribution is 2.24. The summed E-state index contributed by atoms with van der Waals surface area (Å²) in [5, 5.41) is 0. The molecule has 0 unspecified atom stereocenters. The Morgan fingerprint density at radius 3 is 2.35 bits per heavy atom. The average molecular weight is 330 g/mol. The molecule has 0 aliphatic carbocycles. The quantitative estimate of drug-likeness (QED) is 0.801. The fourth-order valence-corrected chi connectivity index (χ4v) is 2.61. The lowest BCUT2D eigenvalue weighted by Crippen LogP contribution is -2.36. The molecule has 0 aliphatic rings. The number of carbonyl (C=O) groups excluding carboxylic acids is 1. The van der Waals surface area contributed by atoms with Crippen LogP contribution in [0.5, 0.6) is 0 Å². The number of carbonyl (C=O) groups is 1. The van der Waals surface area contributed by atoms with Gasteiger partial charge in [0.05, 0.1) is 10.5 Å². The first-order chi connectivity index (χ1) is 8.92. The lowest BCUT2D eigenvalue weighted by atomic mass is 10.1. The average Bonchev–Trinajstić information content (AvgIpc) is 2.23. The van der Waals surface area contributed by atoms with Crippen molar-refractivity contribution < 1.29 is 26.4 Å². The van der Waals surface area contributed by atoms with Gasteiger partial charge in [-0.3, -0.25) is 4.79 Å². The summed E-state index contributed by atoms with van der Waals surface area (Å²) in [6, 6.07) is 3.67. The van der Waals surface area contributed by atoms with Crippen molar-refractivity contribution >= 4 is 25.6 Å². The Bertz CT molecular complexity index is 628. The Morgan fingerprint density at radius 1 is 1.35 bits per heavy atom. The van der Waals surface area contributed by atoms with Crippen molar-refractivity contribution in [2.24, 2.45) is 0 Å². The number of hydrogen-bond acceptors (Lipinski definition) is 3. The van der Waals surface area contributed by atoms with Crippen molar-refractivity contribution in [2.45, 2.75) is 18.0 Å². The van der Waals surface area contributed by atoms with Crippen LogP contribution in [0.1, 0.15) is 15.9 Å². The van der Waals surface area contributed by atoms with E-state index in [1.807, 2.05) is 0 Å². The number of benzene rings is 1. The summed E-state index contributed by atoms with van der Waals surface area (Å²) < 4.78 is 59.5. The van der Waals surface area contributed by atoms with Gasteiger partial charge in [-0.15, -0.1) is 0 Å². The van der Waals surface area contributed by atoms with E-state index in [0.717, 1.165) is 13.1 Å². The highest BCUT2D eigenvalue weighted by molar-refractivity contribution is 8.13. The highest BCUT2D eigenvalue weighted by atomic mass is 35.7. The standard InChI is InChI=1S/C11H11ClF3NO3S/c1-7-3-4-9(20(12,18)19)8(5-7)10(17)16(2)6-11(13,14)15/h3-5H,6H2,1-2H3. The van der Waals surface area contributed by atoms with Crippen LogP contribution >= 0.6 is 10.7 Å². The third-order valence-corrected chi connectivity index (χ3v) is 3.77. The monoisotopic (exact) mass is 329 g/mol. The molecule has 0 fully saturated rings.